The summed E-state index contributed by atoms with van der Waals surface area (Å²) in [5, 5.41) is 0. The summed E-state index contributed by atoms with van der Waals surface area (Å²) in [7, 11) is 0. The first-order valence-electron chi connectivity index (χ1n) is 4.46. The molecular formula is C11H9Br3O. The Hall–Kier alpha value is 0.200. The summed E-state index contributed by atoms with van der Waals surface area (Å²) in [5.74, 6) is 0.901. The van der Waals surface area contributed by atoms with Crippen LogP contribution in [0.1, 0.15) is 19.4 Å². The second-order valence-electron chi connectivity index (χ2n) is 3.88. The molecule has 0 aliphatic carbocycles. The molecule has 1 nitrogen and oxygen atoms in total. The summed E-state index contributed by atoms with van der Waals surface area (Å²) in [6, 6.07) is 5.99. The second kappa shape index (κ2) is 3.90. The highest BCUT2D eigenvalue weighted by Crippen LogP contribution is 2.46. The predicted molar refractivity (Wildman–Crippen MR) is 73.6 cm³/mol. The van der Waals surface area contributed by atoms with Crippen LogP contribution in [0.5, 0.6) is 5.75 Å². The Balaban J connectivity index is 2.65. The van der Waals surface area contributed by atoms with Gasteiger partial charge in [0.05, 0.1) is 4.48 Å². The maximum absolute atomic E-state index is 5.90. The second-order valence-corrected chi connectivity index (χ2v) is 6.38. The molecule has 1 heterocycles. The van der Waals surface area contributed by atoms with Crippen molar-refractivity contribution in [3.05, 3.63) is 32.7 Å². The Morgan fingerprint density at radius 2 is 1.80 bits per heavy atom. The lowest BCUT2D eigenvalue weighted by Gasteiger charge is -2.33. The van der Waals surface area contributed by atoms with E-state index in [0.29, 0.717) is 0 Å². The minimum absolute atomic E-state index is 0.320. The van der Waals surface area contributed by atoms with Gasteiger partial charge in [0.15, 0.2) is 0 Å². The lowest BCUT2D eigenvalue weighted by atomic mass is 10.0. The summed E-state index contributed by atoms with van der Waals surface area (Å²) in [6.07, 6.45) is 0. The molecule has 0 unspecified atom stereocenters. The van der Waals surface area contributed by atoms with Crippen LogP contribution in [-0.2, 0) is 0 Å². The minimum atomic E-state index is -0.320. The average molecular weight is 397 g/mol. The fraction of sp³-hybridized carbons (Fsp3) is 0.273. The molecule has 1 aromatic rings. The maximum atomic E-state index is 5.90. The Labute approximate surface area is 114 Å². The predicted octanol–water partition coefficient (Wildman–Crippen LogP) is 5.08. The molecule has 80 valence electrons. The van der Waals surface area contributed by atoms with Crippen LogP contribution >= 0.6 is 47.8 Å². The van der Waals surface area contributed by atoms with Crippen molar-refractivity contribution in [2.75, 3.05) is 0 Å². The highest BCUT2D eigenvalue weighted by atomic mass is 79.9. The first-order valence-corrected chi connectivity index (χ1v) is 6.84. The van der Waals surface area contributed by atoms with Gasteiger partial charge in [0.25, 0.3) is 0 Å². The fourth-order valence-electron chi connectivity index (χ4n) is 1.46. The van der Waals surface area contributed by atoms with Gasteiger partial charge in [-0.25, -0.2) is 0 Å². The van der Waals surface area contributed by atoms with Crippen LogP contribution in [0, 0.1) is 0 Å². The molecule has 1 aromatic carbocycles. The third-order valence-corrected chi connectivity index (χ3v) is 5.46. The molecule has 2 rings (SSSR count). The Bertz CT molecular complexity index is 449. The van der Waals surface area contributed by atoms with Crippen LogP contribution in [-0.4, -0.2) is 5.60 Å². The van der Waals surface area contributed by atoms with Gasteiger partial charge in [-0.2, -0.15) is 0 Å². The van der Waals surface area contributed by atoms with E-state index < -0.39 is 0 Å². The molecule has 15 heavy (non-hydrogen) atoms. The van der Waals surface area contributed by atoms with Crippen LogP contribution in [0.25, 0.3) is 4.48 Å². The zero-order valence-electron chi connectivity index (χ0n) is 8.27. The van der Waals surface area contributed by atoms with Gasteiger partial charge in [-0.1, -0.05) is 31.9 Å². The molecule has 0 atom stereocenters. The third kappa shape index (κ3) is 2.04. The summed E-state index contributed by atoms with van der Waals surface area (Å²) in [4.78, 5) is 0. The minimum Gasteiger partial charge on any atom is -0.482 e. The molecule has 1 aliphatic heterocycles. The van der Waals surface area contributed by atoms with E-state index in [1.54, 1.807) is 0 Å². The summed E-state index contributed by atoms with van der Waals surface area (Å²) in [5.41, 5.74) is 0.746. The van der Waals surface area contributed by atoms with Crippen LogP contribution in [0.3, 0.4) is 0 Å². The zero-order valence-corrected chi connectivity index (χ0v) is 13.0. The van der Waals surface area contributed by atoms with E-state index in [2.05, 4.69) is 47.8 Å². The Morgan fingerprint density at radius 1 is 1.13 bits per heavy atom. The standard InChI is InChI=1S/C11H9Br3O/c1-11(2)10(14)9(13)7-5-6(12)3-4-8(7)15-11/h3-5H,1-2H3. The number of halogens is 3. The first kappa shape index (κ1) is 11.7. The fourth-order valence-corrected chi connectivity index (χ4v) is 2.91. The van der Waals surface area contributed by atoms with Gasteiger partial charge in [0.1, 0.15) is 11.4 Å². The van der Waals surface area contributed by atoms with E-state index in [9.17, 15) is 0 Å². The van der Waals surface area contributed by atoms with Crippen molar-refractivity contribution in [2.24, 2.45) is 0 Å². The molecule has 0 aromatic heterocycles. The summed E-state index contributed by atoms with van der Waals surface area (Å²) >= 11 is 10.6. The highest BCUT2D eigenvalue weighted by molar-refractivity contribution is 9.16. The molecule has 0 spiro atoms. The van der Waals surface area contributed by atoms with Crippen molar-refractivity contribution in [1.29, 1.82) is 0 Å². The number of hydrogen-bond acceptors (Lipinski definition) is 1. The zero-order chi connectivity index (χ0) is 11.2. The van der Waals surface area contributed by atoms with Crippen molar-refractivity contribution in [3.8, 4) is 5.75 Å². The normalized spacial score (nSPS) is 18.5. The third-order valence-electron chi connectivity index (χ3n) is 2.26. The molecule has 0 saturated heterocycles. The van der Waals surface area contributed by atoms with Gasteiger partial charge < -0.3 is 4.74 Å². The number of ether oxygens (including phenoxy) is 1. The van der Waals surface area contributed by atoms with Gasteiger partial charge in [-0.3, -0.25) is 0 Å². The van der Waals surface area contributed by atoms with E-state index >= 15 is 0 Å². The van der Waals surface area contributed by atoms with Crippen molar-refractivity contribution < 1.29 is 4.74 Å². The summed E-state index contributed by atoms with van der Waals surface area (Å²) < 4.78 is 9.02. The number of rotatable bonds is 0. The molecule has 0 fully saturated rings. The van der Waals surface area contributed by atoms with E-state index in [1.165, 1.54) is 0 Å². The smallest absolute Gasteiger partial charge is 0.136 e. The van der Waals surface area contributed by atoms with Crippen LogP contribution < -0.4 is 4.74 Å². The lowest BCUT2D eigenvalue weighted by Crippen LogP contribution is -2.31. The number of hydrogen-bond donors (Lipinski definition) is 0. The van der Waals surface area contributed by atoms with Crippen molar-refractivity contribution >= 4 is 52.3 Å². The van der Waals surface area contributed by atoms with E-state index in [-0.39, 0.29) is 5.60 Å². The summed E-state index contributed by atoms with van der Waals surface area (Å²) in [6.45, 7) is 4.06. The van der Waals surface area contributed by atoms with Gasteiger partial charge in [0.2, 0.25) is 0 Å². The quantitative estimate of drug-likeness (QED) is 0.594. The van der Waals surface area contributed by atoms with Crippen LogP contribution in [0.15, 0.2) is 27.2 Å². The SMILES string of the molecule is CC1(C)Oc2ccc(Br)cc2C(Br)=C1Br. The largest absolute Gasteiger partial charge is 0.482 e. The van der Waals surface area contributed by atoms with Crippen molar-refractivity contribution in [1.82, 2.24) is 0 Å². The van der Waals surface area contributed by atoms with Crippen molar-refractivity contribution in [2.45, 2.75) is 19.4 Å². The molecule has 0 amide bonds. The molecular weight excluding hydrogens is 388 g/mol. The first-order chi connectivity index (χ1) is 6.92. The van der Waals surface area contributed by atoms with E-state index in [4.69, 9.17) is 4.74 Å². The number of benzene rings is 1. The number of fused-ring (bicyclic) bond motifs is 1. The molecule has 0 N–H and O–H groups in total. The maximum Gasteiger partial charge on any atom is 0.136 e. The molecule has 1 aliphatic rings. The van der Waals surface area contributed by atoms with Gasteiger partial charge in [0, 0.05) is 14.5 Å². The van der Waals surface area contributed by atoms with E-state index in [1.807, 2.05) is 32.0 Å². The van der Waals surface area contributed by atoms with Crippen LogP contribution in [0.4, 0.5) is 0 Å². The molecule has 4 heteroatoms. The van der Waals surface area contributed by atoms with Crippen molar-refractivity contribution in [3.63, 3.8) is 0 Å². The molecule has 0 bridgehead atoms. The molecule has 0 radical (unpaired) electrons. The van der Waals surface area contributed by atoms with Gasteiger partial charge >= 0.3 is 0 Å². The molecule has 0 saturated carbocycles. The lowest BCUT2D eigenvalue weighted by molar-refractivity contribution is 0.155. The Kier molecular flexibility index (Phi) is 3.03. The Morgan fingerprint density at radius 3 is 2.47 bits per heavy atom. The average Bonchev–Trinajstić information content (AvgIpc) is 2.16. The monoisotopic (exact) mass is 394 g/mol. The van der Waals surface area contributed by atoms with Gasteiger partial charge in [-0.15, -0.1) is 0 Å². The highest BCUT2D eigenvalue weighted by Gasteiger charge is 2.32. The van der Waals surface area contributed by atoms with E-state index in [0.717, 1.165) is 24.8 Å². The van der Waals surface area contributed by atoms with Gasteiger partial charge in [-0.05, 0) is 48.0 Å². The van der Waals surface area contributed by atoms with Crippen LogP contribution in [0.2, 0.25) is 0 Å². The topological polar surface area (TPSA) is 9.23 Å².